The highest BCUT2D eigenvalue weighted by Gasteiger charge is 2.12. The maximum Gasteiger partial charge on any atom is 0.238 e. The Hall–Kier alpha value is -1.50. The standard InChI is InChI=1S/C14H18N4OS/c19-14(9-18-6-1-4-15-5-7-18)17-11-2-3-12-13(8-11)20-10-16-12/h2-3,8,10,15H,1,4-7,9H2,(H,17,19). The van der Waals surface area contributed by atoms with Crippen molar-refractivity contribution in [3.63, 3.8) is 0 Å². The zero-order valence-electron chi connectivity index (χ0n) is 11.3. The van der Waals surface area contributed by atoms with Crippen LogP contribution in [0.1, 0.15) is 6.42 Å². The van der Waals surface area contributed by atoms with Crippen molar-refractivity contribution < 1.29 is 4.79 Å². The molecule has 1 aromatic carbocycles. The number of aromatic nitrogens is 1. The Balaban J connectivity index is 1.59. The number of nitrogens with one attached hydrogen (secondary N) is 2. The molecule has 0 unspecified atom stereocenters. The normalized spacial score (nSPS) is 17.0. The van der Waals surface area contributed by atoms with Crippen LogP contribution >= 0.6 is 11.3 Å². The number of nitrogens with zero attached hydrogens (tertiary/aromatic N) is 2. The van der Waals surface area contributed by atoms with E-state index in [0.717, 1.165) is 48.5 Å². The molecule has 20 heavy (non-hydrogen) atoms. The number of carbonyl (C=O) groups is 1. The molecule has 0 atom stereocenters. The van der Waals surface area contributed by atoms with Crippen LogP contribution in [0.2, 0.25) is 0 Å². The summed E-state index contributed by atoms with van der Waals surface area (Å²) < 4.78 is 1.10. The maximum atomic E-state index is 12.1. The van der Waals surface area contributed by atoms with Crippen molar-refractivity contribution in [2.75, 3.05) is 38.0 Å². The van der Waals surface area contributed by atoms with Crippen LogP contribution in [0, 0.1) is 0 Å². The third-order valence-electron chi connectivity index (χ3n) is 3.41. The number of hydrogen-bond acceptors (Lipinski definition) is 5. The van der Waals surface area contributed by atoms with Gasteiger partial charge in [-0.1, -0.05) is 0 Å². The predicted octanol–water partition coefficient (Wildman–Crippen LogP) is 1.53. The van der Waals surface area contributed by atoms with E-state index < -0.39 is 0 Å². The minimum Gasteiger partial charge on any atom is -0.325 e. The van der Waals surface area contributed by atoms with E-state index in [2.05, 4.69) is 20.5 Å². The van der Waals surface area contributed by atoms with Crippen LogP contribution in [-0.4, -0.2) is 48.5 Å². The summed E-state index contributed by atoms with van der Waals surface area (Å²) in [4.78, 5) is 18.5. The molecule has 106 valence electrons. The molecule has 0 radical (unpaired) electrons. The van der Waals surface area contributed by atoms with E-state index >= 15 is 0 Å². The van der Waals surface area contributed by atoms with Gasteiger partial charge >= 0.3 is 0 Å². The molecule has 1 saturated heterocycles. The second-order valence-corrected chi connectivity index (χ2v) is 5.85. The highest BCUT2D eigenvalue weighted by Crippen LogP contribution is 2.21. The molecular formula is C14H18N4OS. The first-order valence-electron chi connectivity index (χ1n) is 6.87. The van der Waals surface area contributed by atoms with Crippen molar-refractivity contribution in [3.05, 3.63) is 23.7 Å². The van der Waals surface area contributed by atoms with Crippen LogP contribution in [0.5, 0.6) is 0 Å². The Morgan fingerprint density at radius 2 is 2.35 bits per heavy atom. The average Bonchev–Trinajstić information content (AvgIpc) is 2.75. The summed E-state index contributed by atoms with van der Waals surface area (Å²) in [6.45, 7) is 4.37. The highest BCUT2D eigenvalue weighted by atomic mass is 32.1. The largest absolute Gasteiger partial charge is 0.325 e. The van der Waals surface area contributed by atoms with Gasteiger partial charge in [-0.15, -0.1) is 11.3 Å². The molecule has 0 spiro atoms. The third-order valence-corrected chi connectivity index (χ3v) is 4.21. The average molecular weight is 290 g/mol. The smallest absolute Gasteiger partial charge is 0.238 e. The van der Waals surface area contributed by atoms with Crippen molar-refractivity contribution in [3.8, 4) is 0 Å². The van der Waals surface area contributed by atoms with E-state index in [1.807, 2.05) is 23.7 Å². The Kier molecular flexibility index (Phi) is 4.25. The van der Waals surface area contributed by atoms with Crippen LogP contribution in [0.3, 0.4) is 0 Å². The fourth-order valence-electron chi connectivity index (χ4n) is 2.40. The number of anilines is 1. The summed E-state index contributed by atoms with van der Waals surface area (Å²) in [5, 5.41) is 6.31. The van der Waals surface area contributed by atoms with Crippen LogP contribution in [-0.2, 0) is 4.79 Å². The van der Waals surface area contributed by atoms with Gasteiger partial charge in [0.15, 0.2) is 0 Å². The summed E-state index contributed by atoms with van der Waals surface area (Å²) in [5.41, 5.74) is 3.65. The number of carbonyl (C=O) groups excluding carboxylic acids is 1. The van der Waals surface area contributed by atoms with Gasteiger partial charge in [-0.2, -0.15) is 0 Å². The number of hydrogen-bond donors (Lipinski definition) is 2. The van der Waals surface area contributed by atoms with Crippen molar-refractivity contribution >= 4 is 33.1 Å². The van der Waals surface area contributed by atoms with Crippen molar-refractivity contribution in [2.24, 2.45) is 0 Å². The summed E-state index contributed by atoms with van der Waals surface area (Å²) in [6, 6.07) is 5.83. The van der Waals surface area contributed by atoms with Gasteiger partial charge in [0.1, 0.15) is 0 Å². The Bertz CT molecular complexity index is 590. The summed E-state index contributed by atoms with van der Waals surface area (Å²) >= 11 is 1.59. The van der Waals surface area contributed by atoms with Crippen LogP contribution in [0.15, 0.2) is 23.7 Å². The zero-order chi connectivity index (χ0) is 13.8. The van der Waals surface area contributed by atoms with Gasteiger partial charge < -0.3 is 10.6 Å². The first-order valence-corrected chi connectivity index (χ1v) is 7.75. The monoisotopic (exact) mass is 290 g/mol. The molecule has 2 heterocycles. The van der Waals surface area contributed by atoms with E-state index in [-0.39, 0.29) is 5.91 Å². The van der Waals surface area contributed by atoms with Crippen molar-refractivity contribution in [1.82, 2.24) is 15.2 Å². The minimum absolute atomic E-state index is 0.0516. The lowest BCUT2D eigenvalue weighted by Gasteiger charge is -2.18. The summed E-state index contributed by atoms with van der Waals surface area (Å²) in [7, 11) is 0. The molecule has 5 nitrogen and oxygen atoms in total. The molecule has 1 amide bonds. The molecule has 3 rings (SSSR count). The number of amides is 1. The summed E-state index contributed by atoms with van der Waals surface area (Å²) in [6.07, 6.45) is 1.10. The molecule has 1 aliphatic rings. The molecule has 2 aromatic rings. The second kappa shape index (κ2) is 6.30. The van der Waals surface area contributed by atoms with Gasteiger partial charge in [-0.3, -0.25) is 9.69 Å². The molecule has 1 fully saturated rings. The predicted molar refractivity (Wildman–Crippen MR) is 82.2 cm³/mol. The van der Waals surface area contributed by atoms with E-state index in [0.29, 0.717) is 6.54 Å². The molecule has 0 bridgehead atoms. The maximum absolute atomic E-state index is 12.1. The topological polar surface area (TPSA) is 57.3 Å². The van der Waals surface area contributed by atoms with Gasteiger partial charge in [-0.25, -0.2) is 4.98 Å². The van der Waals surface area contributed by atoms with E-state index in [1.54, 1.807) is 11.3 Å². The van der Waals surface area contributed by atoms with Crippen molar-refractivity contribution in [2.45, 2.75) is 6.42 Å². The van der Waals surface area contributed by atoms with Gasteiger partial charge in [0.05, 0.1) is 22.3 Å². The molecule has 1 aromatic heterocycles. The van der Waals surface area contributed by atoms with E-state index in [1.165, 1.54) is 0 Å². The van der Waals surface area contributed by atoms with Crippen LogP contribution in [0.25, 0.3) is 10.2 Å². The highest BCUT2D eigenvalue weighted by molar-refractivity contribution is 7.16. The van der Waals surface area contributed by atoms with Crippen LogP contribution < -0.4 is 10.6 Å². The van der Waals surface area contributed by atoms with Gasteiger partial charge in [0.2, 0.25) is 5.91 Å². The number of rotatable bonds is 3. The van der Waals surface area contributed by atoms with E-state index in [9.17, 15) is 4.79 Å². The summed E-state index contributed by atoms with van der Waals surface area (Å²) in [5.74, 6) is 0.0516. The second-order valence-electron chi connectivity index (χ2n) is 4.96. The van der Waals surface area contributed by atoms with Gasteiger partial charge in [0, 0.05) is 18.8 Å². The number of thiazole rings is 1. The fraction of sp³-hybridized carbons (Fsp3) is 0.429. The fourth-order valence-corrected chi connectivity index (χ4v) is 3.11. The lowest BCUT2D eigenvalue weighted by atomic mass is 10.3. The lowest BCUT2D eigenvalue weighted by Crippen LogP contribution is -2.35. The SMILES string of the molecule is O=C(CN1CCCNCC1)Nc1ccc2ncsc2c1. The number of fused-ring (bicyclic) bond motifs is 1. The molecule has 2 N–H and O–H groups in total. The first kappa shape index (κ1) is 13.5. The van der Waals surface area contributed by atoms with E-state index in [4.69, 9.17) is 0 Å². The lowest BCUT2D eigenvalue weighted by molar-refractivity contribution is -0.117. The van der Waals surface area contributed by atoms with Crippen molar-refractivity contribution in [1.29, 1.82) is 0 Å². The number of benzene rings is 1. The van der Waals surface area contributed by atoms with Gasteiger partial charge in [0.25, 0.3) is 0 Å². The minimum atomic E-state index is 0.0516. The molecule has 0 saturated carbocycles. The van der Waals surface area contributed by atoms with Gasteiger partial charge in [-0.05, 0) is 37.7 Å². The molecule has 1 aliphatic heterocycles. The molecule has 0 aliphatic carbocycles. The third kappa shape index (κ3) is 3.33. The Morgan fingerprint density at radius 1 is 1.40 bits per heavy atom. The first-order chi connectivity index (χ1) is 9.81. The van der Waals surface area contributed by atoms with Crippen LogP contribution in [0.4, 0.5) is 5.69 Å². The molecular weight excluding hydrogens is 272 g/mol. The Labute approximate surface area is 122 Å². The quantitative estimate of drug-likeness (QED) is 0.900. The Morgan fingerprint density at radius 3 is 3.30 bits per heavy atom. The molecule has 6 heteroatoms. The zero-order valence-corrected chi connectivity index (χ0v) is 12.1.